The van der Waals surface area contributed by atoms with E-state index in [2.05, 4.69) is 16.6 Å². The zero-order chi connectivity index (χ0) is 10.5. The van der Waals surface area contributed by atoms with Crippen LogP contribution in [0, 0.1) is 0 Å². The van der Waals surface area contributed by atoms with E-state index in [4.69, 9.17) is 5.11 Å². The summed E-state index contributed by atoms with van der Waals surface area (Å²) in [5, 5.41) is 11.9. The second-order valence-corrected chi connectivity index (χ2v) is 3.49. The topological polar surface area (TPSA) is 58.6 Å². The monoisotopic (exact) mass is 187 g/mol. The van der Waals surface area contributed by atoms with Crippen molar-refractivity contribution in [3.63, 3.8) is 0 Å². The molecular weight excluding hydrogens is 170 g/mol. The number of ether oxygens (including phenoxy) is 1. The van der Waals surface area contributed by atoms with Crippen LogP contribution in [0.4, 0.5) is 0 Å². The molecule has 0 fully saturated rings. The smallest absolute Gasteiger partial charge is 0.334 e. The van der Waals surface area contributed by atoms with Crippen LogP contribution >= 0.6 is 0 Å². The van der Waals surface area contributed by atoms with Gasteiger partial charge in [0, 0.05) is 17.7 Å². The first kappa shape index (κ1) is 12.1. The van der Waals surface area contributed by atoms with Crippen LogP contribution in [0.3, 0.4) is 0 Å². The third kappa shape index (κ3) is 4.65. The molecule has 0 aliphatic rings. The molecule has 0 aliphatic carbocycles. The van der Waals surface area contributed by atoms with E-state index in [1.165, 1.54) is 7.11 Å². The Morgan fingerprint density at radius 1 is 1.62 bits per heavy atom. The van der Waals surface area contributed by atoms with Crippen molar-refractivity contribution in [3.8, 4) is 0 Å². The molecule has 76 valence electrons. The van der Waals surface area contributed by atoms with E-state index in [9.17, 15) is 4.79 Å². The number of rotatable bonds is 5. The van der Waals surface area contributed by atoms with E-state index in [-0.39, 0.29) is 6.61 Å². The van der Waals surface area contributed by atoms with Gasteiger partial charge in [-0.25, -0.2) is 4.79 Å². The highest BCUT2D eigenvalue weighted by molar-refractivity contribution is 5.88. The van der Waals surface area contributed by atoms with Gasteiger partial charge < -0.3 is 15.2 Å². The predicted molar refractivity (Wildman–Crippen MR) is 50.3 cm³/mol. The highest BCUT2D eigenvalue weighted by atomic mass is 16.5. The van der Waals surface area contributed by atoms with Gasteiger partial charge in [-0.05, 0) is 13.8 Å². The molecular formula is C9H17NO3. The van der Waals surface area contributed by atoms with Crippen LogP contribution < -0.4 is 5.32 Å². The molecule has 0 saturated carbocycles. The Balaban J connectivity index is 3.90. The van der Waals surface area contributed by atoms with Crippen LogP contribution in [-0.2, 0) is 9.53 Å². The van der Waals surface area contributed by atoms with E-state index in [0.29, 0.717) is 12.1 Å². The molecule has 4 nitrogen and oxygen atoms in total. The Bertz CT molecular complexity index is 199. The zero-order valence-electron chi connectivity index (χ0n) is 8.39. The molecule has 0 unspecified atom stereocenters. The number of methoxy groups -OCH3 is 1. The van der Waals surface area contributed by atoms with Crippen LogP contribution in [0.15, 0.2) is 12.2 Å². The van der Waals surface area contributed by atoms with E-state index in [1.54, 1.807) is 0 Å². The number of aliphatic hydroxyl groups is 1. The second kappa shape index (κ2) is 4.99. The fraction of sp³-hybridized carbons (Fsp3) is 0.667. The molecule has 0 spiro atoms. The summed E-state index contributed by atoms with van der Waals surface area (Å²) in [6, 6.07) is 0. The lowest BCUT2D eigenvalue weighted by Crippen LogP contribution is -2.44. The van der Waals surface area contributed by atoms with E-state index in [1.807, 2.05) is 13.8 Å². The molecule has 0 rings (SSSR count). The third-order valence-corrected chi connectivity index (χ3v) is 1.65. The Morgan fingerprint density at radius 3 is 2.54 bits per heavy atom. The molecule has 0 aromatic rings. The standard InChI is InChI=1S/C9H17NO3/c1-7(8(12)13-4)5-10-9(2,3)6-11/h10-11H,1,5-6H2,2-4H3. The summed E-state index contributed by atoms with van der Waals surface area (Å²) in [5.74, 6) is -0.429. The predicted octanol–water partition coefficient (Wildman–Crippen LogP) is 0.0761. The summed E-state index contributed by atoms with van der Waals surface area (Å²) in [6.45, 7) is 7.53. The maximum atomic E-state index is 10.9. The van der Waals surface area contributed by atoms with Crippen LogP contribution in [0.5, 0.6) is 0 Å². The number of carbonyl (C=O) groups excluding carboxylic acids is 1. The molecule has 2 N–H and O–H groups in total. The molecule has 13 heavy (non-hydrogen) atoms. The molecule has 0 aliphatic heterocycles. The SMILES string of the molecule is C=C(CNC(C)(C)CO)C(=O)OC. The maximum Gasteiger partial charge on any atom is 0.334 e. The fourth-order valence-corrected chi connectivity index (χ4v) is 0.618. The summed E-state index contributed by atoms with van der Waals surface area (Å²) >= 11 is 0. The first-order valence-corrected chi connectivity index (χ1v) is 4.05. The molecule has 0 heterocycles. The number of nitrogens with one attached hydrogen (secondary N) is 1. The first-order valence-electron chi connectivity index (χ1n) is 4.05. The average Bonchev–Trinajstić information content (AvgIpc) is 2.13. The minimum Gasteiger partial charge on any atom is -0.466 e. The molecule has 0 aromatic carbocycles. The van der Waals surface area contributed by atoms with Crippen molar-refractivity contribution in [2.75, 3.05) is 20.3 Å². The number of hydrogen-bond donors (Lipinski definition) is 2. The van der Waals surface area contributed by atoms with Gasteiger partial charge in [-0.15, -0.1) is 0 Å². The van der Waals surface area contributed by atoms with E-state index >= 15 is 0 Å². The molecule has 0 atom stereocenters. The van der Waals surface area contributed by atoms with Gasteiger partial charge in [0.2, 0.25) is 0 Å². The van der Waals surface area contributed by atoms with Crippen molar-refractivity contribution in [1.29, 1.82) is 0 Å². The van der Waals surface area contributed by atoms with Crippen molar-refractivity contribution in [2.24, 2.45) is 0 Å². The molecule has 0 saturated heterocycles. The zero-order valence-corrected chi connectivity index (χ0v) is 8.39. The molecule has 0 amide bonds. The largest absolute Gasteiger partial charge is 0.466 e. The second-order valence-electron chi connectivity index (χ2n) is 3.49. The van der Waals surface area contributed by atoms with Crippen molar-refractivity contribution >= 4 is 5.97 Å². The summed E-state index contributed by atoms with van der Waals surface area (Å²) in [7, 11) is 1.31. The first-order chi connectivity index (χ1) is 5.93. The molecule has 0 aromatic heterocycles. The summed E-state index contributed by atoms with van der Waals surface area (Å²) in [4.78, 5) is 10.9. The van der Waals surface area contributed by atoms with E-state index < -0.39 is 11.5 Å². The van der Waals surface area contributed by atoms with Gasteiger partial charge in [-0.2, -0.15) is 0 Å². The Hall–Kier alpha value is -0.870. The van der Waals surface area contributed by atoms with Crippen LogP contribution in [0.1, 0.15) is 13.8 Å². The lowest BCUT2D eigenvalue weighted by molar-refractivity contribution is -0.136. The Morgan fingerprint density at radius 2 is 2.15 bits per heavy atom. The maximum absolute atomic E-state index is 10.9. The van der Waals surface area contributed by atoms with Gasteiger partial charge in [0.1, 0.15) is 0 Å². The van der Waals surface area contributed by atoms with Gasteiger partial charge in [-0.3, -0.25) is 0 Å². The quantitative estimate of drug-likeness (QED) is 0.472. The third-order valence-electron chi connectivity index (χ3n) is 1.65. The van der Waals surface area contributed by atoms with Crippen molar-refractivity contribution in [3.05, 3.63) is 12.2 Å². The normalized spacial score (nSPS) is 11.1. The van der Waals surface area contributed by atoms with Gasteiger partial charge in [0.15, 0.2) is 0 Å². The van der Waals surface area contributed by atoms with Crippen molar-refractivity contribution in [1.82, 2.24) is 5.32 Å². The van der Waals surface area contributed by atoms with Crippen molar-refractivity contribution < 1.29 is 14.6 Å². The Kier molecular flexibility index (Phi) is 4.66. The van der Waals surface area contributed by atoms with Crippen molar-refractivity contribution in [2.45, 2.75) is 19.4 Å². The average molecular weight is 187 g/mol. The van der Waals surface area contributed by atoms with Crippen LogP contribution in [0.2, 0.25) is 0 Å². The van der Waals surface area contributed by atoms with Crippen LogP contribution in [-0.4, -0.2) is 36.9 Å². The minimum absolute atomic E-state index is 0.00144. The van der Waals surface area contributed by atoms with E-state index in [0.717, 1.165) is 0 Å². The van der Waals surface area contributed by atoms with Crippen LogP contribution in [0.25, 0.3) is 0 Å². The van der Waals surface area contributed by atoms with Gasteiger partial charge in [0.25, 0.3) is 0 Å². The van der Waals surface area contributed by atoms with Gasteiger partial charge in [-0.1, -0.05) is 6.58 Å². The lowest BCUT2D eigenvalue weighted by atomic mass is 10.1. The Labute approximate surface area is 78.6 Å². The summed E-state index contributed by atoms with van der Waals surface area (Å²) < 4.78 is 4.47. The summed E-state index contributed by atoms with van der Waals surface area (Å²) in [6.07, 6.45) is 0. The molecule has 4 heteroatoms. The highest BCUT2D eigenvalue weighted by Gasteiger charge is 2.16. The minimum atomic E-state index is -0.429. The van der Waals surface area contributed by atoms with Gasteiger partial charge >= 0.3 is 5.97 Å². The fourth-order valence-electron chi connectivity index (χ4n) is 0.618. The number of aliphatic hydroxyl groups excluding tert-OH is 1. The van der Waals surface area contributed by atoms with Gasteiger partial charge in [0.05, 0.1) is 13.7 Å². The number of esters is 1. The summed E-state index contributed by atoms with van der Waals surface area (Å²) in [5.41, 5.74) is -0.0548. The number of hydrogen-bond acceptors (Lipinski definition) is 4. The molecule has 0 radical (unpaired) electrons. The lowest BCUT2D eigenvalue weighted by Gasteiger charge is -2.23. The molecule has 0 bridgehead atoms. The highest BCUT2D eigenvalue weighted by Crippen LogP contribution is 2.01. The number of carbonyl (C=O) groups is 1.